The Morgan fingerprint density at radius 1 is 1.09 bits per heavy atom. The summed E-state index contributed by atoms with van der Waals surface area (Å²) in [5, 5.41) is 0. The van der Waals surface area contributed by atoms with E-state index in [0.29, 0.717) is 43.5 Å². The van der Waals surface area contributed by atoms with Crippen LogP contribution in [0.5, 0.6) is 0 Å². The van der Waals surface area contributed by atoms with Crippen molar-refractivity contribution in [1.82, 2.24) is 18.0 Å². The number of piperazine rings is 1. The van der Waals surface area contributed by atoms with E-state index in [1.165, 1.54) is 9.87 Å². The molecule has 2 atom stereocenters. The lowest BCUT2D eigenvalue weighted by Crippen LogP contribution is -2.57. The summed E-state index contributed by atoms with van der Waals surface area (Å²) in [4.78, 5) is 17.8. The molecule has 33 heavy (non-hydrogen) atoms. The predicted molar refractivity (Wildman–Crippen MR) is 129 cm³/mol. The van der Waals surface area contributed by atoms with Crippen molar-refractivity contribution in [2.24, 2.45) is 0 Å². The van der Waals surface area contributed by atoms with Crippen molar-refractivity contribution < 1.29 is 13.2 Å². The van der Waals surface area contributed by atoms with E-state index in [9.17, 15) is 13.2 Å². The summed E-state index contributed by atoms with van der Waals surface area (Å²) in [6, 6.07) is 12.8. The van der Waals surface area contributed by atoms with Crippen LogP contribution in [0, 0.1) is 6.92 Å². The summed E-state index contributed by atoms with van der Waals surface area (Å²) in [6.45, 7) is 6.40. The van der Waals surface area contributed by atoms with Crippen molar-refractivity contribution in [3.8, 4) is 0 Å². The molecule has 0 spiro atoms. The van der Waals surface area contributed by atoms with Gasteiger partial charge in [-0.05, 0) is 56.5 Å². The molecule has 0 radical (unpaired) electrons. The first-order chi connectivity index (χ1) is 15.9. The number of aryl methyl sites for hydroxylation is 1. The van der Waals surface area contributed by atoms with E-state index in [4.69, 9.17) is 0 Å². The standard InChI is InChI=1S/C23H27N5O3S2/c1-16-6-3-7-18(14-16)27-13-12-26(15-17(27)2)23(29)20-9-5-11-28(20)33(30,31)21-10-4-8-19-22(21)25-32-24-19/h3-4,6-8,10,14,17,20H,5,9,11-13,15H2,1-2H3/t17-,20-/m1/s1. The molecule has 0 saturated carbocycles. The van der Waals surface area contributed by atoms with Crippen LogP contribution in [0.2, 0.25) is 0 Å². The van der Waals surface area contributed by atoms with Gasteiger partial charge in [-0.3, -0.25) is 4.79 Å². The maximum Gasteiger partial charge on any atom is 0.246 e. The lowest BCUT2D eigenvalue weighted by Gasteiger charge is -2.42. The second kappa shape index (κ2) is 8.66. The zero-order valence-corrected chi connectivity index (χ0v) is 20.3. The van der Waals surface area contributed by atoms with Crippen LogP contribution in [0.1, 0.15) is 25.3 Å². The van der Waals surface area contributed by atoms with Gasteiger partial charge in [0.1, 0.15) is 22.0 Å². The molecule has 10 heteroatoms. The van der Waals surface area contributed by atoms with E-state index < -0.39 is 16.1 Å². The Balaban J connectivity index is 1.35. The van der Waals surface area contributed by atoms with Crippen LogP contribution >= 0.6 is 11.7 Å². The summed E-state index contributed by atoms with van der Waals surface area (Å²) >= 11 is 0.992. The Kier molecular flexibility index (Phi) is 5.84. The summed E-state index contributed by atoms with van der Waals surface area (Å²) in [5.41, 5.74) is 3.30. The number of hydrogen-bond donors (Lipinski definition) is 0. The van der Waals surface area contributed by atoms with Gasteiger partial charge in [0.2, 0.25) is 15.9 Å². The minimum Gasteiger partial charge on any atom is -0.365 e. The number of aromatic nitrogens is 2. The fourth-order valence-electron chi connectivity index (χ4n) is 4.95. The molecule has 0 unspecified atom stereocenters. The molecule has 2 fully saturated rings. The van der Waals surface area contributed by atoms with Gasteiger partial charge >= 0.3 is 0 Å². The molecule has 2 aliphatic rings. The Bertz CT molecular complexity index is 1290. The Morgan fingerprint density at radius 2 is 1.91 bits per heavy atom. The zero-order chi connectivity index (χ0) is 23.2. The summed E-state index contributed by atoms with van der Waals surface area (Å²) in [6.07, 6.45) is 1.20. The number of rotatable bonds is 4. The predicted octanol–water partition coefficient (Wildman–Crippen LogP) is 2.89. The van der Waals surface area contributed by atoms with Gasteiger partial charge in [-0.2, -0.15) is 13.1 Å². The van der Waals surface area contributed by atoms with E-state index in [1.807, 2.05) is 4.90 Å². The number of carbonyl (C=O) groups excluding carboxylic acids is 1. The van der Waals surface area contributed by atoms with E-state index in [0.717, 1.165) is 24.0 Å². The second-order valence-corrected chi connectivity index (χ2v) is 11.2. The van der Waals surface area contributed by atoms with Gasteiger partial charge in [0.25, 0.3) is 0 Å². The molecule has 1 amide bonds. The number of fused-ring (bicyclic) bond motifs is 1. The first-order valence-corrected chi connectivity index (χ1v) is 13.4. The third-order valence-corrected chi connectivity index (χ3v) is 9.08. The van der Waals surface area contributed by atoms with Crippen molar-refractivity contribution >= 4 is 44.4 Å². The van der Waals surface area contributed by atoms with Gasteiger partial charge < -0.3 is 9.80 Å². The lowest BCUT2D eigenvalue weighted by molar-refractivity contribution is -0.135. The van der Waals surface area contributed by atoms with E-state index >= 15 is 0 Å². The average Bonchev–Trinajstić information content (AvgIpc) is 3.48. The highest BCUT2D eigenvalue weighted by Gasteiger charge is 2.43. The fourth-order valence-corrected chi connectivity index (χ4v) is 7.35. The molecule has 174 valence electrons. The highest BCUT2D eigenvalue weighted by Crippen LogP contribution is 2.31. The number of benzene rings is 2. The number of sulfonamides is 1. The normalized spacial score (nSPS) is 22.2. The second-order valence-electron chi connectivity index (χ2n) is 8.83. The third kappa shape index (κ3) is 4.00. The molecule has 0 bridgehead atoms. The molecule has 0 aliphatic carbocycles. The van der Waals surface area contributed by atoms with E-state index in [1.54, 1.807) is 18.2 Å². The first kappa shape index (κ1) is 22.2. The van der Waals surface area contributed by atoms with Crippen LogP contribution in [0.3, 0.4) is 0 Å². The van der Waals surface area contributed by atoms with Crippen LogP contribution < -0.4 is 4.90 Å². The van der Waals surface area contributed by atoms with Gasteiger partial charge in [-0.25, -0.2) is 8.42 Å². The highest BCUT2D eigenvalue weighted by molar-refractivity contribution is 7.89. The Labute approximate surface area is 198 Å². The van der Waals surface area contributed by atoms with Gasteiger partial charge in [0.15, 0.2) is 0 Å². The molecule has 2 aliphatic heterocycles. The van der Waals surface area contributed by atoms with Gasteiger partial charge in [0, 0.05) is 37.9 Å². The topological polar surface area (TPSA) is 86.7 Å². The number of amides is 1. The van der Waals surface area contributed by atoms with E-state index in [2.05, 4.69) is 51.8 Å². The van der Waals surface area contributed by atoms with Crippen LogP contribution in [0.15, 0.2) is 47.4 Å². The average molecular weight is 486 g/mol. The number of nitrogens with zero attached hydrogens (tertiary/aromatic N) is 5. The zero-order valence-electron chi connectivity index (χ0n) is 18.7. The molecule has 1 aromatic heterocycles. The lowest BCUT2D eigenvalue weighted by atomic mass is 10.1. The SMILES string of the molecule is Cc1cccc(N2CCN(C(=O)[C@H]3CCCN3S(=O)(=O)c3cccc4nsnc34)C[C@H]2C)c1. The fraction of sp³-hybridized carbons (Fsp3) is 0.435. The summed E-state index contributed by atoms with van der Waals surface area (Å²) in [7, 11) is -3.86. The molecule has 2 aromatic carbocycles. The van der Waals surface area contributed by atoms with Gasteiger partial charge in [-0.1, -0.05) is 18.2 Å². The van der Waals surface area contributed by atoms with Crippen molar-refractivity contribution in [3.63, 3.8) is 0 Å². The first-order valence-electron chi connectivity index (χ1n) is 11.2. The van der Waals surface area contributed by atoms with Crippen LogP contribution in [0.25, 0.3) is 11.0 Å². The van der Waals surface area contributed by atoms with Gasteiger partial charge in [-0.15, -0.1) is 0 Å². The molecule has 8 nitrogen and oxygen atoms in total. The van der Waals surface area contributed by atoms with Crippen molar-refractivity contribution in [2.45, 2.75) is 43.7 Å². The molecule has 2 saturated heterocycles. The maximum absolute atomic E-state index is 13.6. The number of anilines is 1. The molecular weight excluding hydrogens is 458 g/mol. The number of carbonyl (C=O) groups is 1. The summed E-state index contributed by atoms with van der Waals surface area (Å²) < 4.78 is 36.9. The van der Waals surface area contributed by atoms with Crippen molar-refractivity contribution in [2.75, 3.05) is 31.1 Å². The van der Waals surface area contributed by atoms with Crippen molar-refractivity contribution in [1.29, 1.82) is 0 Å². The minimum absolute atomic E-state index is 0.101. The van der Waals surface area contributed by atoms with E-state index in [-0.39, 0.29) is 16.8 Å². The largest absolute Gasteiger partial charge is 0.365 e. The Hall–Kier alpha value is -2.56. The molecular formula is C23H27N5O3S2. The van der Waals surface area contributed by atoms with Crippen LogP contribution in [0.4, 0.5) is 5.69 Å². The van der Waals surface area contributed by atoms with Crippen LogP contribution in [-0.4, -0.2) is 70.5 Å². The molecule has 3 heterocycles. The van der Waals surface area contributed by atoms with Crippen molar-refractivity contribution in [3.05, 3.63) is 48.0 Å². The summed E-state index contributed by atoms with van der Waals surface area (Å²) in [5.74, 6) is -0.101. The third-order valence-electron chi connectivity index (χ3n) is 6.60. The Morgan fingerprint density at radius 3 is 2.70 bits per heavy atom. The number of hydrogen-bond acceptors (Lipinski definition) is 7. The minimum atomic E-state index is -3.86. The van der Waals surface area contributed by atoms with Gasteiger partial charge in [0.05, 0.1) is 11.7 Å². The quantitative estimate of drug-likeness (QED) is 0.565. The van der Waals surface area contributed by atoms with Crippen LogP contribution in [-0.2, 0) is 14.8 Å². The molecule has 3 aromatic rings. The monoisotopic (exact) mass is 485 g/mol. The molecule has 5 rings (SSSR count). The molecule has 0 N–H and O–H groups in total. The smallest absolute Gasteiger partial charge is 0.246 e. The maximum atomic E-state index is 13.6. The highest BCUT2D eigenvalue weighted by atomic mass is 32.2.